The number of nitrogens with two attached hydrogens (primary N) is 1. The molecule has 0 unspecified atom stereocenters. The van der Waals surface area contributed by atoms with Crippen LogP contribution in [-0.4, -0.2) is 63.9 Å². The first kappa shape index (κ1) is 27.7. The minimum Gasteiger partial charge on any atom is -0.481 e. The highest BCUT2D eigenvalue weighted by atomic mass is 16.6. The van der Waals surface area contributed by atoms with Crippen molar-refractivity contribution in [2.24, 2.45) is 5.73 Å². The van der Waals surface area contributed by atoms with Gasteiger partial charge in [-0.1, -0.05) is 12.8 Å². The van der Waals surface area contributed by atoms with Crippen molar-refractivity contribution in [3.63, 3.8) is 0 Å². The van der Waals surface area contributed by atoms with Crippen molar-refractivity contribution in [2.45, 2.75) is 51.4 Å². The Morgan fingerprint density at radius 1 is 0.742 bits per heavy atom. The molecule has 2 aliphatic heterocycles. The predicted octanol–water partition coefficient (Wildman–Crippen LogP) is 0.773. The molecule has 0 saturated heterocycles. The molecule has 0 atom stereocenters. The van der Waals surface area contributed by atoms with Crippen LogP contribution >= 0.6 is 0 Å². The lowest BCUT2D eigenvalue weighted by Crippen LogP contribution is -2.30. The van der Waals surface area contributed by atoms with Crippen LogP contribution in [0.4, 0.5) is 0 Å². The number of rotatable bonds is 11. The summed E-state index contributed by atoms with van der Waals surface area (Å²) in [5.74, 6) is -3.25. The Balaban J connectivity index is 0.000000478. The van der Waals surface area contributed by atoms with Crippen molar-refractivity contribution >= 4 is 35.7 Å². The third-order valence-corrected chi connectivity index (χ3v) is 3.82. The number of carboxylic acids is 2. The number of aliphatic carboxylic acids is 2. The van der Waals surface area contributed by atoms with Crippen LogP contribution in [0.2, 0.25) is 0 Å². The van der Waals surface area contributed by atoms with Crippen LogP contribution < -0.4 is 5.73 Å². The van der Waals surface area contributed by atoms with Gasteiger partial charge in [0.2, 0.25) is 0 Å². The number of unbranched alkanes of at least 4 members (excludes halogenated alkanes) is 4. The molecule has 0 aliphatic carbocycles. The van der Waals surface area contributed by atoms with Crippen LogP contribution in [0.3, 0.4) is 0 Å². The Kier molecular flexibility index (Phi) is 14.7. The summed E-state index contributed by atoms with van der Waals surface area (Å²) in [5, 5.41) is 16.6. The summed E-state index contributed by atoms with van der Waals surface area (Å²) in [6.07, 6.45) is 9.67. The standard InChI is InChI=1S/C10H13NO4.C6H13NO2.C4H2O3/c12-8-5-6-9(13)11(8)7-3-1-2-4-10(14)15;7-5-3-1-2-4-6(8)9;5-3-1-2-4(6)7-3/h5-6H,1-4,7H2,(H,14,15);1-5,7H2,(H,8,9);1-2H. The summed E-state index contributed by atoms with van der Waals surface area (Å²) < 4.78 is 3.97. The lowest BCUT2D eigenvalue weighted by Gasteiger charge is -2.12. The molecule has 172 valence electrons. The van der Waals surface area contributed by atoms with E-state index >= 15 is 0 Å². The molecule has 0 aromatic carbocycles. The number of imide groups is 1. The minimum atomic E-state index is -0.815. The highest BCUT2D eigenvalue weighted by molar-refractivity contribution is 6.12. The van der Waals surface area contributed by atoms with Crippen molar-refractivity contribution in [2.75, 3.05) is 13.1 Å². The average molecular weight is 440 g/mol. The molecule has 2 heterocycles. The van der Waals surface area contributed by atoms with E-state index in [1.54, 1.807) is 0 Å². The molecule has 31 heavy (non-hydrogen) atoms. The number of nitrogens with zero attached hydrogens (tertiary/aromatic N) is 1. The fourth-order valence-electron chi connectivity index (χ4n) is 2.28. The van der Waals surface area contributed by atoms with Gasteiger partial charge in [0, 0.05) is 43.7 Å². The summed E-state index contributed by atoms with van der Waals surface area (Å²) in [6, 6.07) is 0. The normalized spacial score (nSPS) is 14.0. The van der Waals surface area contributed by atoms with E-state index in [9.17, 15) is 28.8 Å². The van der Waals surface area contributed by atoms with E-state index in [1.807, 2.05) is 0 Å². The summed E-state index contributed by atoms with van der Waals surface area (Å²) >= 11 is 0. The number of hydrogen-bond donors (Lipinski definition) is 3. The number of carbonyl (C=O) groups excluding carboxylic acids is 4. The Morgan fingerprint density at radius 2 is 1.19 bits per heavy atom. The van der Waals surface area contributed by atoms with Crippen LogP contribution in [0.1, 0.15) is 51.4 Å². The van der Waals surface area contributed by atoms with Crippen LogP contribution in [0, 0.1) is 0 Å². The number of ether oxygens (including phenoxy) is 1. The zero-order valence-electron chi connectivity index (χ0n) is 17.2. The van der Waals surface area contributed by atoms with Gasteiger partial charge < -0.3 is 20.7 Å². The van der Waals surface area contributed by atoms with Crippen molar-refractivity contribution in [1.82, 2.24) is 4.90 Å². The number of carbonyl (C=O) groups is 6. The summed E-state index contributed by atoms with van der Waals surface area (Å²) in [6.45, 7) is 1.05. The first-order chi connectivity index (χ1) is 14.7. The van der Waals surface area contributed by atoms with E-state index < -0.39 is 23.9 Å². The smallest absolute Gasteiger partial charge is 0.338 e. The molecule has 0 aromatic heterocycles. The molecule has 0 radical (unpaired) electrons. The largest absolute Gasteiger partial charge is 0.481 e. The number of carboxylic acid groups (broad SMARTS) is 2. The van der Waals surface area contributed by atoms with E-state index in [4.69, 9.17) is 15.9 Å². The summed E-state index contributed by atoms with van der Waals surface area (Å²) in [7, 11) is 0. The molecule has 11 heteroatoms. The monoisotopic (exact) mass is 440 g/mol. The zero-order valence-corrected chi connectivity index (χ0v) is 17.2. The first-order valence-corrected chi connectivity index (χ1v) is 9.78. The summed E-state index contributed by atoms with van der Waals surface area (Å²) in [5.41, 5.74) is 5.20. The van der Waals surface area contributed by atoms with E-state index in [1.165, 1.54) is 17.1 Å². The summed E-state index contributed by atoms with van der Waals surface area (Å²) in [4.78, 5) is 63.3. The second-order valence-corrected chi connectivity index (χ2v) is 6.43. The van der Waals surface area contributed by atoms with E-state index in [-0.39, 0.29) is 24.7 Å². The number of esters is 2. The Labute approximate surface area is 179 Å². The molecule has 2 amide bonds. The topological polar surface area (TPSA) is 181 Å². The molecule has 0 saturated carbocycles. The van der Waals surface area contributed by atoms with Gasteiger partial charge in [-0.25, -0.2) is 9.59 Å². The van der Waals surface area contributed by atoms with Crippen molar-refractivity contribution < 1.29 is 43.7 Å². The third kappa shape index (κ3) is 15.2. The second-order valence-electron chi connectivity index (χ2n) is 6.43. The van der Waals surface area contributed by atoms with Crippen LogP contribution in [0.5, 0.6) is 0 Å². The Hall–Kier alpha value is -3.34. The van der Waals surface area contributed by atoms with Crippen LogP contribution in [0.15, 0.2) is 24.3 Å². The molecular weight excluding hydrogens is 412 g/mol. The van der Waals surface area contributed by atoms with Gasteiger partial charge in [0.1, 0.15) is 0 Å². The molecule has 2 rings (SSSR count). The molecule has 4 N–H and O–H groups in total. The van der Waals surface area contributed by atoms with Gasteiger partial charge in [0.25, 0.3) is 11.8 Å². The fraction of sp³-hybridized carbons (Fsp3) is 0.500. The van der Waals surface area contributed by atoms with Gasteiger partial charge in [-0.2, -0.15) is 0 Å². The molecular formula is C20H28N2O9. The molecule has 0 aromatic rings. The number of amides is 2. The van der Waals surface area contributed by atoms with Crippen LogP contribution in [0.25, 0.3) is 0 Å². The molecule has 0 bridgehead atoms. The molecule has 11 nitrogen and oxygen atoms in total. The highest BCUT2D eigenvalue weighted by Crippen LogP contribution is 2.07. The predicted molar refractivity (Wildman–Crippen MR) is 107 cm³/mol. The first-order valence-electron chi connectivity index (χ1n) is 9.78. The van der Waals surface area contributed by atoms with Gasteiger partial charge in [0.05, 0.1) is 0 Å². The third-order valence-electron chi connectivity index (χ3n) is 3.82. The van der Waals surface area contributed by atoms with Gasteiger partial charge in [-0.3, -0.25) is 24.1 Å². The van der Waals surface area contributed by atoms with Gasteiger partial charge in [0.15, 0.2) is 0 Å². The van der Waals surface area contributed by atoms with Crippen LogP contribution in [-0.2, 0) is 33.5 Å². The molecule has 0 spiro atoms. The average Bonchev–Trinajstić information content (AvgIpc) is 3.23. The van der Waals surface area contributed by atoms with E-state index in [0.717, 1.165) is 31.4 Å². The number of cyclic esters (lactones) is 2. The SMILES string of the molecule is NCCCCCC(=O)O.O=C(O)CCCCCN1C(=O)C=CC1=O.O=C1C=CC(=O)O1. The maximum Gasteiger partial charge on any atom is 0.338 e. The van der Waals surface area contributed by atoms with Crippen molar-refractivity contribution in [1.29, 1.82) is 0 Å². The quantitative estimate of drug-likeness (QED) is 0.180. The number of hydrogen-bond acceptors (Lipinski definition) is 8. The minimum absolute atomic E-state index is 0.139. The van der Waals surface area contributed by atoms with Crippen molar-refractivity contribution in [3.8, 4) is 0 Å². The van der Waals surface area contributed by atoms with Gasteiger partial charge in [-0.15, -0.1) is 0 Å². The van der Waals surface area contributed by atoms with Gasteiger partial charge >= 0.3 is 23.9 Å². The Morgan fingerprint density at radius 3 is 1.55 bits per heavy atom. The maximum absolute atomic E-state index is 11.1. The van der Waals surface area contributed by atoms with Crippen molar-refractivity contribution in [3.05, 3.63) is 24.3 Å². The van der Waals surface area contributed by atoms with Gasteiger partial charge in [-0.05, 0) is 32.2 Å². The highest BCUT2D eigenvalue weighted by Gasteiger charge is 2.22. The lowest BCUT2D eigenvalue weighted by molar-refractivity contribution is -0.150. The molecule has 2 aliphatic rings. The van der Waals surface area contributed by atoms with E-state index in [0.29, 0.717) is 32.4 Å². The second kappa shape index (κ2) is 16.5. The Bertz CT molecular complexity index is 679. The fourth-order valence-corrected chi connectivity index (χ4v) is 2.28. The van der Waals surface area contributed by atoms with E-state index in [2.05, 4.69) is 4.74 Å². The lowest BCUT2D eigenvalue weighted by atomic mass is 10.2. The zero-order chi connectivity index (χ0) is 23.6. The molecule has 0 fully saturated rings. The maximum atomic E-state index is 11.1.